The molecule has 2 aliphatic heterocycles. The Bertz CT molecular complexity index is 452. The summed E-state index contributed by atoms with van der Waals surface area (Å²) in [6.45, 7) is 7.15. The smallest absolute Gasteiger partial charge is 0.0433 e. The number of likely N-dealkylation sites (N-methyl/N-ethyl adjacent to an activating group) is 1. The number of hydrogen-bond acceptors (Lipinski definition) is 3. The van der Waals surface area contributed by atoms with E-state index in [1.807, 2.05) is 0 Å². The SMILES string of the molecule is CCN1CCc2c1cccc2N1CCC(CCO)CC1. The van der Waals surface area contributed by atoms with Gasteiger partial charge in [-0.1, -0.05) is 6.07 Å². The van der Waals surface area contributed by atoms with E-state index in [-0.39, 0.29) is 0 Å². The molecule has 1 N–H and O–H groups in total. The molecule has 0 aliphatic carbocycles. The highest BCUT2D eigenvalue weighted by Gasteiger charge is 2.25. The van der Waals surface area contributed by atoms with Crippen molar-refractivity contribution in [3.8, 4) is 0 Å². The highest BCUT2D eigenvalue weighted by Crippen LogP contribution is 2.37. The van der Waals surface area contributed by atoms with Crippen LogP contribution in [0.1, 0.15) is 31.7 Å². The van der Waals surface area contributed by atoms with Gasteiger partial charge in [0.05, 0.1) is 0 Å². The van der Waals surface area contributed by atoms with E-state index >= 15 is 0 Å². The number of fused-ring (bicyclic) bond motifs is 1. The molecule has 2 aliphatic rings. The van der Waals surface area contributed by atoms with Gasteiger partial charge in [-0.3, -0.25) is 0 Å². The second-order valence-corrected chi connectivity index (χ2v) is 6.05. The third kappa shape index (κ3) is 2.51. The number of nitrogens with zero attached hydrogens (tertiary/aromatic N) is 2. The minimum absolute atomic E-state index is 0.344. The maximum absolute atomic E-state index is 9.07. The molecule has 3 nitrogen and oxygen atoms in total. The molecular weight excluding hydrogens is 248 g/mol. The first-order valence-electron chi connectivity index (χ1n) is 8.06. The Morgan fingerprint density at radius 2 is 1.90 bits per heavy atom. The van der Waals surface area contributed by atoms with Crippen molar-refractivity contribution in [3.63, 3.8) is 0 Å². The van der Waals surface area contributed by atoms with E-state index in [0.717, 1.165) is 32.0 Å². The summed E-state index contributed by atoms with van der Waals surface area (Å²) in [5.74, 6) is 0.722. The van der Waals surface area contributed by atoms with Gasteiger partial charge in [-0.05, 0) is 50.7 Å². The number of aliphatic hydroxyl groups excluding tert-OH is 1. The molecule has 0 atom stereocenters. The predicted octanol–water partition coefficient (Wildman–Crippen LogP) is 2.67. The van der Waals surface area contributed by atoms with E-state index in [9.17, 15) is 0 Å². The zero-order chi connectivity index (χ0) is 13.9. The molecule has 0 amide bonds. The number of aliphatic hydroxyl groups is 1. The van der Waals surface area contributed by atoms with Crippen molar-refractivity contribution < 1.29 is 5.11 Å². The fourth-order valence-corrected chi connectivity index (χ4v) is 3.75. The van der Waals surface area contributed by atoms with Crippen LogP contribution in [0.4, 0.5) is 11.4 Å². The van der Waals surface area contributed by atoms with Crippen LogP contribution in [0.5, 0.6) is 0 Å². The normalized spacial score (nSPS) is 19.5. The van der Waals surface area contributed by atoms with Crippen LogP contribution in [0, 0.1) is 5.92 Å². The second kappa shape index (κ2) is 6.04. The van der Waals surface area contributed by atoms with Crippen molar-refractivity contribution in [2.45, 2.75) is 32.6 Å². The standard InChI is InChI=1S/C17H26N2O/c1-2-18-12-8-15-16(18)4-3-5-17(15)19-10-6-14(7-11-19)9-13-20/h3-5,14,20H,2,6-13H2,1H3. The number of rotatable bonds is 4. The van der Waals surface area contributed by atoms with E-state index in [1.165, 1.54) is 37.2 Å². The molecular formula is C17H26N2O. The largest absolute Gasteiger partial charge is 0.396 e. The summed E-state index contributed by atoms with van der Waals surface area (Å²) in [4.78, 5) is 5.04. The molecule has 1 saturated heterocycles. The molecule has 1 aromatic rings. The van der Waals surface area contributed by atoms with Gasteiger partial charge >= 0.3 is 0 Å². The average molecular weight is 274 g/mol. The zero-order valence-electron chi connectivity index (χ0n) is 12.5. The summed E-state index contributed by atoms with van der Waals surface area (Å²) in [7, 11) is 0. The molecule has 3 heteroatoms. The van der Waals surface area contributed by atoms with E-state index in [4.69, 9.17) is 5.11 Å². The molecule has 20 heavy (non-hydrogen) atoms. The van der Waals surface area contributed by atoms with Crippen LogP contribution >= 0.6 is 0 Å². The number of piperidine rings is 1. The first-order valence-corrected chi connectivity index (χ1v) is 8.06. The lowest BCUT2D eigenvalue weighted by Crippen LogP contribution is -2.34. The molecule has 0 radical (unpaired) electrons. The van der Waals surface area contributed by atoms with E-state index < -0.39 is 0 Å². The molecule has 0 spiro atoms. The highest BCUT2D eigenvalue weighted by atomic mass is 16.3. The summed E-state index contributed by atoms with van der Waals surface area (Å²) in [6, 6.07) is 6.78. The number of benzene rings is 1. The van der Waals surface area contributed by atoms with Crippen LogP contribution in [0.25, 0.3) is 0 Å². The Labute approximate surface area is 122 Å². The Kier molecular flexibility index (Phi) is 4.16. The predicted molar refractivity (Wildman–Crippen MR) is 84.7 cm³/mol. The Balaban J connectivity index is 1.74. The Morgan fingerprint density at radius 1 is 1.15 bits per heavy atom. The summed E-state index contributed by atoms with van der Waals surface area (Å²) in [5, 5.41) is 9.07. The van der Waals surface area contributed by atoms with Crippen molar-refractivity contribution in [1.82, 2.24) is 0 Å². The molecule has 110 valence electrons. The van der Waals surface area contributed by atoms with Crippen LogP contribution in [0.2, 0.25) is 0 Å². The molecule has 0 aromatic heterocycles. The minimum atomic E-state index is 0.344. The summed E-state index contributed by atoms with van der Waals surface area (Å²) < 4.78 is 0. The van der Waals surface area contributed by atoms with Crippen molar-refractivity contribution in [2.24, 2.45) is 5.92 Å². The monoisotopic (exact) mass is 274 g/mol. The maximum atomic E-state index is 9.07. The second-order valence-electron chi connectivity index (χ2n) is 6.05. The van der Waals surface area contributed by atoms with Gasteiger partial charge in [-0.25, -0.2) is 0 Å². The molecule has 0 unspecified atom stereocenters. The average Bonchev–Trinajstić information content (AvgIpc) is 2.91. The van der Waals surface area contributed by atoms with Gasteiger partial charge in [0, 0.05) is 49.7 Å². The van der Waals surface area contributed by atoms with Crippen LogP contribution in [-0.2, 0) is 6.42 Å². The van der Waals surface area contributed by atoms with Crippen molar-refractivity contribution >= 4 is 11.4 Å². The number of hydrogen-bond donors (Lipinski definition) is 1. The fraction of sp³-hybridized carbons (Fsp3) is 0.647. The van der Waals surface area contributed by atoms with Gasteiger partial charge in [0.2, 0.25) is 0 Å². The Morgan fingerprint density at radius 3 is 2.60 bits per heavy atom. The quantitative estimate of drug-likeness (QED) is 0.914. The van der Waals surface area contributed by atoms with Crippen molar-refractivity contribution in [3.05, 3.63) is 23.8 Å². The minimum Gasteiger partial charge on any atom is -0.396 e. The molecule has 2 heterocycles. The lowest BCUT2D eigenvalue weighted by Gasteiger charge is -2.34. The molecule has 3 rings (SSSR count). The Hall–Kier alpha value is -1.22. The van der Waals surface area contributed by atoms with Crippen molar-refractivity contribution in [1.29, 1.82) is 0 Å². The lowest BCUT2D eigenvalue weighted by molar-refractivity contribution is 0.240. The molecule has 1 aromatic carbocycles. The first kappa shape index (κ1) is 13.7. The van der Waals surface area contributed by atoms with E-state index in [2.05, 4.69) is 34.9 Å². The van der Waals surface area contributed by atoms with E-state index in [1.54, 1.807) is 5.56 Å². The van der Waals surface area contributed by atoms with Gasteiger partial charge in [0.1, 0.15) is 0 Å². The third-order valence-corrected chi connectivity index (χ3v) is 4.97. The molecule has 0 saturated carbocycles. The zero-order valence-corrected chi connectivity index (χ0v) is 12.5. The first-order chi connectivity index (χ1) is 9.83. The van der Waals surface area contributed by atoms with Crippen LogP contribution < -0.4 is 9.80 Å². The van der Waals surface area contributed by atoms with Crippen LogP contribution in [-0.4, -0.2) is 37.9 Å². The fourth-order valence-electron chi connectivity index (χ4n) is 3.75. The lowest BCUT2D eigenvalue weighted by atomic mass is 9.93. The number of anilines is 2. The van der Waals surface area contributed by atoms with Crippen LogP contribution in [0.15, 0.2) is 18.2 Å². The van der Waals surface area contributed by atoms with Gasteiger partial charge in [-0.2, -0.15) is 0 Å². The van der Waals surface area contributed by atoms with Crippen LogP contribution in [0.3, 0.4) is 0 Å². The molecule has 1 fully saturated rings. The van der Waals surface area contributed by atoms with Gasteiger partial charge < -0.3 is 14.9 Å². The maximum Gasteiger partial charge on any atom is 0.0433 e. The third-order valence-electron chi connectivity index (χ3n) is 4.97. The van der Waals surface area contributed by atoms with Crippen molar-refractivity contribution in [2.75, 3.05) is 42.6 Å². The molecule has 0 bridgehead atoms. The van der Waals surface area contributed by atoms with Gasteiger partial charge in [0.25, 0.3) is 0 Å². The summed E-state index contributed by atoms with van der Waals surface area (Å²) in [6.07, 6.45) is 4.61. The topological polar surface area (TPSA) is 26.7 Å². The summed E-state index contributed by atoms with van der Waals surface area (Å²) in [5.41, 5.74) is 4.46. The van der Waals surface area contributed by atoms with Gasteiger partial charge in [0.15, 0.2) is 0 Å². The summed E-state index contributed by atoms with van der Waals surface area (Å²) >= 11 is 0. The van der Waals surface area contributed by atoms with E-state index in [0.29, 0.717) is 6.61 Å². The van der Waals surface area contributed by atoms with Gasteiger partial charge in [-0.15, -0.1) is 0 Å². The highest BCUT2D eigenvalue weighted by molar-refractivity contribution is 5.70.